The zero-order chi connectivity index (χ0) is 19.2. The number of carbonyl (C=O) groups excluding carboxylic acids is 1. The monoisotopic (exact) mass is 356 g/mol. The van der Waals surface area contributed by atoms with Crippen LogP contribution in [0.15, 0.2) is 48.5 Å². The van der Waals surface area contributed by atoms with Crippen LogP contribution >= 0.6 is 0 Å². The maximum absolute atomic E-state index is 12.6. The first-order valence-corrected chi connectivity index (χ1v) is 8.74. The van der Waals surface area contributed by atoms with Crippen LogP contribution in [0.25, 0.3) is 0 Å². The molecule has 2 rings (SSSR count). The highest BCUT2D eigenvalue weighted by Gasteiger charge is 2.27. The summed E-state index contributed by atoms with van der Waals surface area (Å²) in [5.74, 6) is 0.798. The number of nitrogen functional groups attached to an aromatic ring is 1. The Labute approximate surface area is 155 Å². The van der Waals surface area contributed by atoms with E-state index in [1.54, 1.807) is 17.0 Å². The van der Waals surface area contributed by atoms with Gasteiger partial charge in [-0.15, -0.1) is 0 Å². The van der Waals surface area contributed by atoms with Crippen molar-refractivity contribution in [2.24, 2.45) is 0 Å². The molecule has 0 fully saturated rings. The molecule has 0 spiro atoms. The van der Waals surface area contributed by atoms with Gasteiger partial charge in [0, 0.05) is 11.2 Å². The van der Waals surface area contributed by atoms with Crippen LogP contribution in [0.2, 0.25) is 0 Å². The average molecular weight is 356 g/mol. The van der Waals surface area contributed by atoms with E-state index in [9.17, 15) is 4.79 Å². The number of amides is 1. The van der Waals surface area contributed by atoms with E-state index in [0.717, 1.165) is 16.9 Å². The van der Waals surface area contributed by atoms with Gasteiger partial charge in [0.25, 0.3) is 0 Å². The first-order valence-electron chi connectivity index (χ1n) is 8.74. The van der Waals surface area contributed by atoms with E-state index in [0.29, 0.717) is 18.8 Å². The fourth-order valence-corrected chi connectivity index (χ4v) is 2.57. The number of hydrogen-bond acceptors (Lipinski definition) is 4. The van der Waals surface area contributed by atoms with Crippen LogP contribution in [-0.4, -0.2) is 29.7 Å². The number of nitrogens with zero attached hydrogens (tertiary/aromatic N) is 1. The molecule has 0 aliphatic rings. The predicted octanol–water partition coefficient (Wildman–Crippen LogP) is 4.39. The molecule has 0 radical (unpaired) electrons. The average Bonchev–Trinajstić information content (AvgIpc) is 2.56. The molecule has 2 N–H and O–H groups in total. The minimum atomic E-state index is -0.372. The number of anilines is 1. The third-order valence-electron chi connectivity index (χ3n) is 3.92. The van der Waals surface area contributed by atoms with Crippen molar-refractivity contribution >= 4 is 11.8 Å². The van der Waals surface area contributed by atoms with Gasteiger partial charge in [-0.3, -0.25) is 4.90 Å². The number of benzene rings is 2. The van der Waals surface area contributed by atoms with Gasteiger partial charge in [-0.25, -0.2) is 4.79 Å². The van der Waals surface area contributed by atoms with Gasteiger partial charge in [0.1, 0.15) is 19.0 Å². The molecule has 0 aliphatic heterocycles. The van der Waals surface area contributed by atoms with Crippen LogP contribution in [0, 0.1) is 6.92 Å². The van der Waals surface area contributed by atoms with Crippen LogP contribution in [0.5, 0.6) is 5.75 Å². The second-order valence-corrected chi connectivity index (χ2v) is 7.29. The van der Waals surface area contributed by atoms with Gasteiger partial charge in [-0.1, -0.05) is 24.3 Å². The minimum absolute atomic E-state index is 0.190. The van der Waals surface area contributed by atoms with Crippen molar-refractivity contribution in [2.45, 2.75) is 39.8 Å². The van der Waals surface area contributed by atoms with Crippen LogP contribution in [-0.2, 0) is 11.3 Å². The van der Waals surface area contributed by atoms with Crippen LogP contribution in [0.1, 0.15) is 31.9 Å². The Morgan fingerprint density at radius 1 is 1.12 bits per heavy atom. The number of ether oxygens (including phenoxy) is 2. The summed E-state index contributed by atoms with van der Waals surface area (Å²) in [5, 5.41) is 0. The summed E-state index contributed by atoms with van der Waals surface area (Å²) in [6, 6.07) is 15.2. The highest BCUT2D eigenvalue weighted by molar-refractivity contribution is 5.68. The molecule has 5 heteroatoms. The van der Waals surface area contributed by atoms with Crippen LogP contribution in [0.4, 0.5) is 10.5 Å². The van der Waals surface area contributed by atoms with Crippen molar-refractivity contribution in [3.8, 4) is 5.75 Å². The number of nitrogens with two attached hydrogens (primary N) is 1. The molecule has 2 aromatic rings. The van der Waals surface area contributed by atoms with Gasteiger partial charge in [0.05, 0.1) is 6.54 Å². The Morgan fingerprint density at radius 3 is 2.50 bits per heavy atom. The molecule has 2 aromatic carbocycles. The lowest BCUT2D eigenvalue weighted by molar-refractivity contribution is 0.0556. The van der Waals surface area contributed by atoms with Crippen LogP contribution in [0.3, 0.4) is 0 Å². The molecule has 1 amide bonds. The number of rotatable bonds is 6. The van der Waals surface area contributed by atoms with E-state index < -0.39 is 0 Å². The highest BCUT2D eigenvalue weighted by Crippen LogP contribution is 2.17. The van der Waals surface area contributed by atoms with E-state index in [-0.39, 0.29) is 18.2 Å². The molecule has 0 heterocycles. The number of aryl methyl sites for hydroxylation is 1. The predicted molar refractivity (Wildman–Crippen MR) is 104 cm³/mol. The maximum Gasteiger partial charge on any atom is 0.410 e. The molecule has 26 heavy (non-hydrogen) atoms. The minimum Gasteiger partial charge on any atom is -0.492 e. The van der Waals surface area contributed by atoms with Crippen molar-refractivity contribution in [3.63, 3.8) is 0 Å². The molecule has 140 valence electrons. The Morgan fingerprint density at radius 2 is 1.85 bits per heavy atom. The standard InChI is InChI=1S/C21H28N2O3/c1-16-7-5-10-19(13-16)25-12-11-23(21(2,3)4)20(24)26-15-17-8-6-9-18(22)14-17/h5-10,13-14H,11-12,15,22H2,1-4H3. The Hall–Kier alpha value is -2.69. The van der Waals surface area contributed by atoms with Crippen molar-refractivity contribution in [2.75, 3.05) is 18.9 Å². The summed E-state index contributed by atoms with van der Waals surface area (Å²) in [7, 11) is 0. The van der Waals surface area contributed by atoms with Crippen molar-refractivity contribution < 1.29 is 14.3 Å². The summed E-state index contributed by atoms with van der Waals surface area (Å²) < 4.78 is 11.2. The zero-order valence-electron chi connectivity index (χ0n) is 16.0. The lowest BCUT2D eigenvalue weighted by atomic mass is 10.1. The van der Waals surface area contributed by atoms with E-state index in [2.05, 4.69) is 0 Å². The van der Waals surface area contributed by atoms with E-state index in [1.807, 2.05) is 64.1 Å². The van der Waals surface area contributed by atoms with Gasteiger partial charge < -0.3 is 15.2 Å². The van der Waals surface area contributed by atoms with Crippen molar-refractivity contribution in [1.29, 1.82) is 0 Å². The second-order valence-electron chi connectivity index (χ2n) is 7.29. The van der Waals surface area contributed by atoms with E-state index >= 15 is 0 Å². The fourth-order valence-electron chi connectivity index (χ4n) is 2.57. The fraction of sp³-hybridized carbons (Fsp3) is 0.381. The number of hydrogen-bond donors (Lipinski definition) is 1. The first kappa shape index (κ1) is 19.6. The molecule has 0 bridgehead atoms. The van der Waals surface area contributed by atoms with Crippen molar-refractivity contribution in [3.05, 3.63) is 59.7 Å². The van der Waals surface area contributed by atoms with Gasteiger partial charge in [0.15, 0.2) is 0 Å². The molecular formula is C21H28N2O3. The quantitative estimate of drug-likeness (QED) is 0.780. The summed E-state index contributed by atoms with van der Waals surface area (Å²) in [4.78, 5) is 14.2. The van der Waals surface area contributed by atoms with Gasteiger partial charge >= 0.3 is 6.09 Å². The van der Waals surface area contributed by atoms with Crippen molar-refractivity contribution in [1.82, 2.24) is 4.90 Å². The molecule has 0 unspecified atom stereocenters. The molecule has 0 aromatic heterocycles. The van der Waals surface area contributed by atoms with E-state index in [4.69, 9.17) is 15.2 Å². The van der Waals surface area contributed by atoms with Crippen LogP contribution < -0.4 is 10.5 Å². The first-order chi connectivity index (χ1) is 12.3. The molecule has 0 aliphatic carbocycles. The maximum atomic E-state index is 12.6. The van der Waals surface area contributed by atoms with Gasteiger partial charge in [-0.2, -0.15) is 0 Å². The smallest absolute Gasteiger partial charge is 0.410 e. The summed E-state index contributed by atoms with van der Waals surface area (Å²) in [5.41, 5.74) is 8.04. The zero-order valence-corrected chi connectivity index (χ0v) is 16.0. The largest absolute Gasteiger partial charge is 0.492 e. The molecule has 5 nitrogen and oxygen atoms in total. The number of carbonyl (C=O) groups is 1. The lowest BCUT2D eigenvalue weighted by Gasteiger charge is -2.34. The Bertz CT molecular complexity index is 738. The highest BCUT2D eigenvalue weighted by atomic mass is 16.6. The third kappa shape index (κ3) is 5.99. The Balaban J connectivity index is 1.92. The third-order valence-corrected chi connectivity index (χ3v) is 3.92. The molecular weight excluding hydrogens is 328 g/mol. The van der Waals surface area contributed by atoms with E-state index in [1.165, 1.54) is 0 Å². The molecule has 0 saturated heterocycles. The SMILES string of the molecule is Cc1cccc(OCCN(C(=O)OCc2cccc(N)c2)C(C)(C)C)c1. The topological polar surface area (TPSA) is 64.8 Å². The Kier molecular flexibility index (Phi) is 6.50. The van der Waals surface area contributed by atoms with Gasteiger partial charge in [0.2, 0.25) is 0 Å². The normalized spacial score (nSPS) is 11.1. The lowest BCUT2D eigenvalue weighted by Crippen LogP contribution is -2.47. The summed E-state index contributed by atoms with van der Waals surface area (Å²) in [6.45, 7) is 8.96. The molecule has 0 atom stereocenters. The molecule has 0 saturated carbocycles. The summed E-state index contributed by atoms with van der Waals surface area (Å²) in [6.07, 6.45) is -0.368. The second kappa shape index (κ2) is 8.61. The summed E-state index contributed by atoms with van der Waals surface area (Å²) >= 11 is 0. The van der Waals surface area contributed by atoms with Gasteiger partial charge in [-0.05, 0) is 63.1 Å².